The molecule has 2 aromatic carbocycles. The first-order valence-corrected chi connectivity index (χ1v) is 9.26. The van der Waals surface area contributed by atoms with E-state index in [1.165, 1.54) is 0 Å². The number of aliphatic hydroxyl groups is 1. The topological polar surface area (TPSA) is 86.7 Å². The summed E-state index contributed by atoms with van der Waals surface area (Å²) >= 11 is 0. The van der Waals surface area contributed by atoms with Gasteiger partial charge >= 0.3 is 0 Å². The van der Waals surface area contributed by atoms with Crippen LogP contribution in [0.2, 0.25) is 0 Å². The maximum Gasteiger partial charge on any atom is 0.262 e. The first kappa shape index (κ1) is 19.8. The number of hydrogen-bond acceptors (Lipinski definition) is 4. The number of imide groups is 1. The van der Waals surface area contributed by atoms with Crippen LogP contribution in [-0.4, -0.2) is 40.3 Å². The summed E-state index contributed by atoms with van der Waals surface area (Å²) in [5.41, 5.74) is 0.00191. The van der Waals surface area contributed by atoms with Crippen LogP contribution in [0.25, 0.3) is 0 Å². The fourth-order valence-corrected chi connectivity index (χ4v) is 3.44. The lowest BCUT2D eigenvalue weighted by atomic mass is 9.95. The second-order valence-electron chi connectivity index (χ2n) is 7.57. The minimum absolute atomic E-state index is 0.0394. The van der Waals surface area contributed by atoms with E-state index in [9.17, 15) is 19.5 Å². The first-order valence-electron chi connectivity index (χ1n) is 9.26. The van der Waals surface area contributed by atoms with Crippen molar-refractivity contribution >= 4 is 17.7 Å². The van der Waals surface area contributed by atoms with Crippen molar-refractivity contribution in [1.82, 2.24) is 10.2 Å². The van der Waals surface area contributed by atoms with Crippen LogP contribution in [0.1, 0.15) is 47.1 Å². The minimum Gasteiger partial charge on any atom is -0.384 e. The van der Waals surface area contributed by atoms with Crippen molar-refractivity contribution in [3.8, 4) is 0 Å². The molecule has 2 atom stereocenters. The number of carbonyl (C=O) groups excluding carboxylic acids is 3. The summed E-state index contributed by atoms with van der Waals surface area (Å²) < 4.78 is 0. The molecule has 0 aromatic heterocycles. The van der Waals surface area contributed by atoms with Gasteiger partial charge in [-0.2, -0.15) is 0 Å². The zero-order valence-corrected chi connectivity index (χ0v) is 16.2. The van der Waals surface area contributed by atoms with Crippen molar-refractivity contribution in [2.75, 3.05) is 6.54 Å². The summed E-state index contributed by atoms with van der Waals surface area (Å²) in [6.07, 6.45) is 0. The molecule has 3 rings (SSSR count). The average molecular weight is 380 g/mol. The van der Waals surface area contributed by atoms with Crippen LogP contribution >= 0.6 is 0 Å². The molecule has 0 saturated carbocycles. The summed E-state index contributed by atoms with van der Waals surface area (Å²) in [6, 6.07) is 14.6. The monoisotopic (exact) mass is 380 g/mol. The number of amides is 3. The van der Waals surface area contributed by atoms with Crippen LogP contribution in [0, 0.1) is 5.92 Å². The van der Waals surface area contributed by atoms with Crippen molar-refractivity contribution < 1.29 is 19.5 Å². The molecule has 28 heavy (non-hydrogen) atoms. The average Bonchev–Trinajstić information content (AvgIpc) is 2.93. The minimum atomic E-state index is -1.28. The van der Waals surface area contributed by atoms with Gasteiger partial charge in [0, 0.05) is 0 Å². The van der Waals surface area contributed by atoms with Crippen LogP contribution < -0.4 is 5.32 Å². The van der Waals surface area contributed by atoms with E-state index in [0.717, 1.165) is 4.90 Å². The number of fused-ring (bicyclic) bond motifs is 1. The lowest BCUT2D eigenvalue weighted by Gasteiger charge is -2.30. The molecule has 1 aliphatic heterocycles. The summed E-state index contributed by atoms with van der Waals surface area (Å²) in [4.78, 5) is 39.5. The molecule has 0 unspecified atom stereocenters. The van der Waals surface area contributed by atoms with Crippen molar-refractivity contribution in [3.63, 3.8) is 0 Å². The number of benzene rings is 2. The fraction of sp³-hybridized carbons (Fsp3) is 0.318. The van der Waals surface area contributed by atoms with E-state index >= 15 is 0 Å². The van der Waals surface area contributed by atoms with Crippen molar-refractivity contribution in [1.29, 1.82) is 0 Å². The maximum absolute atomic E-state index is 12.9. The molecular weight excluding hydrogens is 356 g/mol. The van der Waals surface area contributed by atoms with Gasteiger partial charge in [-0.05, 0) is 30.5 Å². The summed E-state index contributed by atoms with van der Waals surface area (Å²) in [7, 11) is 0. The molecule has 0 spiro atoms. The van der Waals surface area contributed by atoms with E-state index in [4.69, 9.17) is 0 Å². The lowest BCUT2D eigenvalue weighted by molar-refractivity contribution is -0.127. The highest BCUT2D eigenvalue weighted by Gasteiger charge is 2.44. The molecule has 146 valence electrons. The highest BCUT2D eigenvalue weighted by molar-refractivity contribution is 6.22. The first-order chi connectivity index (χ1) is 13.2. The second kappa shape index (κ2) is 7.56. The van der Waals surface area contributed by atoms with Gasteiger partial charge in [0.2, 0.25) is 5.91 Å². The maximum atomic E-state index is 12.9. The fourth-order valence-electron chi connectivity index (χ4n) is 3.44. The van der Waals surface area contributed by atoms with Crippen molar-refractivity contribution in [2.45, 2.75) is 32.4 Å². The van der Waals surface area contributed by atoms with Gasteiger partial charge < -0.3 is 10.4 Å². The molecule has 6 nitrogen and oxygen atoms in total. The molecule has 0 fully saturated rings. The third-order valence-corrected chi connectivity index (χ3v) is 5.01. The summed E-state index contributed by atoms with van der Waals surface area (Å²) in [5, 5.41) is 13.4. The standard InChI is InChI=1S/C22H24N2O4/c1-14(2)18(24-20(26)16-11-7-8-12-17(16)21(24)27)19(25)23-13-22(3,28)15-9-5-4-6-10-15/h4-12,14,18,28H,13H2,1-3H3,(H,23,25)/t18-,22-/m0/s1. The molecule has 0 radical (unpaired) electrons. The Hall–Kier alpha value is -2.99. The Morgan fingerprint density at radius 3 is 2.00 bits per heavy atom. The molecule has 0 saturated heterocycles. The van der Waals surface area contributed by atoms with Crippen molar-refractivity contribution in [3.05, 3.63) is 71.3 Å². The Labute approximate surface area is 164 Å². The highest BCUT2D eigenvalue weighted by atomic mass is 16.3. The number of carbonyl (C=O) groups is 3. The van der Waals surface area contributed by atoms with Gasteiger partial charge in [0.1, 0.15) is 11.6 Å². The zero-order valence-electron chi connectivity index (χ0n) is 16.2. The number of hydrogen-bond donors (Lipinski definition) is 2. The Morgan fingerprint density at radius 2 is 1.50 bits per heavy atom. The molecule has 1 heterocycles. The Balaban J connectivity index is 1.79. The third kappa shape index (κ3) is 3.55. The summed E-state index contributed by atoms with van der Waals surface area (Å²) in [6.45, 7) is 5.13. The Morgan fingerprint density at radius 1 is 1.00 bits per heavy atom. The van der Waals surface area contributed by atoms with E-state index < -0.39 is 29.4 Å². The second-order valence-corrected chi connectivity index (χ2v) is 7.57. The van der Waals surface area contributed by atoms with Gasteiger partial charge in [0.25, 0.3) is 11.8 Å². The van der Waals surface area contributed by atoms with Gasteiger partial charge in [-0.25, -0.2) is 0 Å². The van der Waals surface area contributed by atoms with Gasteiger partial charge in [-0.1, -0.05) is 56.3 Å². The van der Waals surface area contributed by atoms with Gasteiger partial charge in [0.15, 0.2) is 0 Å². The van der Waals surface area contributed by atoms with E-state index in [1.807, 2.05) is 6.07 Å². The molecule has 3 amide bonds. The third-order valence-electron chi connectivity index (χ3n) is 5.01. The van der Waals surface area contributed by atoms with Gasteiger partial charge in [0.05, 0.1) is 17.7 Å². The zero-order chi connectivity index (χ0) is 20.5. The van der Waals surface area contributed by atoms with Crippen LogP contribution in [0.5, 0.6) is 0 Å². The van der Waals surface area contributed by atoms with Crippen LogP contribution in [-0.2, 0) is 10.4 Å². The molecule has 2 aromatic rings. The predicted molar refractivity (Wildman–Crippen MR) is 105 cm³/mol. The van der Waals surface area contributed by atoms with Gasteiger partial charge in [-0.15, -0.1) is 0 Å². The van der Waals surface area contributed by atoms with Crippen LogP contribution in [0.4, 0.5) is 0 Å². The smallest absolute Gasteiger partial charge is 0.262 e. The Kier molecular flexibility index (Phi) is 5.34. The quantitative estimate of drug-likeness (QED) is 0.753. The lowest BCUT2D eigenvalue weighted by Crippen LogP contribution is -2.54. The normalized spacial score (nSPS) is 16.7. The largest absolute Gasteiger partial charge is 0.384 e. The molecule has 0 bridgehead atoms. The molecular formula is C22H24N2O4. The predicted octanol–water partition coefficient (Wildman–Crippen LogP) is 2.33. The number of nitrogens with zero attached hydrogens (tertiary/aromatic N) is 1. The van der Waals surface area contributed by atoms with E-state index in [2.05, 4.69) is 5.32 Å². The number of rotatable bonds is 6. The highest BCUT2D eigenvalue weighted by Crippen LogP contribution is 2.27. The molecule has 2 N–H and O–H groups in total. The van der Waals surface area contributed by atoms with Crippen molar-refractivity contribution in [2.24, 2.45) is 5.92 Å². The van der Waals surface area contributed by atoms with Crippen LogP contribution in [0.15, 0.2) is 54.6 Å². The van der Waals surface area contributed by atoms with E-state index in [0.29, 0.717) is 16.7 Å². The molecule has 0 aliphatic carbocycles. The van der Waals surface area contributed by atoms with Gasteiger partial charge in [-0.3, -0.25) is 19.3 Å². The SMILES string of the molecule is CC(C)[C@@H](C(=O)NC[C@](C)(O)c1ccccc1)N1C(=O)c2ccccc2C1=O. The van der Waals surface area contributed by atoms with E-state index in [-0.39, 0.29) is 12.5 Å². The number of nitrogens with one attached hydrogen (secondary N) is 1. The Bertz CT molecular complexity index is 871. The van der Waals surface area contributed by atoms with E-state index in [1.54, 1.807) is 69.3 Å². The van der Waals surface area contributed by atoms with Crippen LogP contribution in [0.3, 0.4) is 0 Å². The molecule has 1 aliphatic rings. The molecule has 6 heteroatoms. The summed E-state index contributed by atoms with van der Waals surface area (Å²) in [5.74, 6) is -1.70.